The fraction of sp³-hybridized carbons (Fsp3) is 0.130. The number of para-hydroxylation sites is 1. The minimum Gasteiger partial charge on any atom is -0.497 e. The summed E-state index contributed by atoms with van der Waals surface area (Å²) >= 11 is 0. The zero-order chi connectivity index (χ0) is 19.0. The van der Waals surface area contributed by atoms with Crippen LogP contribution >= 0.6 is 0 Å². The maximum absolute atomic E-state index is 14.4. The maximum atomic E-state index is 14.4. The topological polar surface area (TPSA) is 23.4 Å². The second-order valence-electron chi connectivity index (χ2n) is 6.38. The number of fused-ring (bicyclic) bond motifs is 1. The van der Waals surface area contributed by atoms with Gasteiger partial charge in [-0.3, -0.25) is 0 Å². The van der Waals surface area contributed by atoms with Crippen LogP contribution < -0.4 is 9.47 Å². The average Bonchev–Trinajstić information content (AvgIpc) is 3.01. The van der Waals surface area contributed by atoms with Crippen molar-refractivity contribution >= 4 is 10.9 Å². The molecule has 0 saturated carbocycles. The number of benzene rings is 3. The highest BCUT2D eigenvalue weighted by molar-refractivity contribution is 6.04. The van der Waals surface area contributed by atoms with Crippen LogP contribution in [0.5, 0.6) is 11.5 Å². The summed E-state index contributed by atoms with van der Waals surface area (Å²) in [6.07, 6.45) is 0. The third-order valence-corrected chi connectivity index (χ3v) is 4.91. The van der Waals surface area contributed by atoms with E-state index in [0.717, 1.165) is 39.0 Å². The molecule has 0 N–H and O–H groups in total. The summed E-state index contributed by atoms with van der Waals surface area (Å²) in [5.41, 5.74) is 4.98. The third kappa shape index (κ3) is 2.83. The van der Waals surface area contributed by atoms with E-state index < -0.39 is 0 Å². The van der Waals surface area contributed by atoms with Crippen molar-refractivity contribution in [1.29, 1.82) is 0 Å². The standard InChI is InChI=1S/C23H20FNO2/c1-25-20-7-5-4-6-18(20)22(16-10-13-21(27-3)19(24)14-16)23(25)15-8-11-17(26-2)12-9-15/h4-14H,1-3H3. The lowest BCUT2D eigenvalue weighted by Gasteiger charge is -2.11. The number of hydrogen-bond acceptors (Lipinski definition) is 2. The molecule has 0 amide bonds. The molecule has 0 aliphatic carbocycles. The Kier molecular flexibility index (Phi) is 4.32. The van der Waals surface area contributed by atoms with E-state index in [9.17, 15) is 4.39 Å². The SMILES string of the molecule is COc1ccc(-c2c(-c3ccc(OC)c(F)c3)c3ccccc3n2C)cc1. The molecule has 0 fully saturated rings. The van der Waals surface area contributed by atoms with Crippen LogP contribution in [0.3, 0.4) is 0 Å². The second-order valence-corrected chi connectivity index (χ2v) is 6.38. The van der Waals surface area contributed by atoms with E-state index in [0.29, 0.717) is 0 Å². The first-order valence-electron chi connectivity index (χ1n) is 8.69. The molecule has 3 aromatic carbocycles. The lowest BCUT2D eigenvalue weighted by molar-refractivity contribution is 0.386. The summed E-state index contributed by atoms with van der Waals surface area (Å²) in [5, 5.41) is 1.08. The maximum Gasteiger partial charge on any atom is 0.165 e. The number of hydrogen-bond donors (Lipinski definition) is 0. The van der Waals surface area contributed by atoms with Crippen LogP contribution in [0.25, 0.3) is 33.3 Å². The number of rotatable bonds is 4. The van der Waals surface area contributed by atoms with Gasteiger partial charge in [-0.25, -0.2) is 4.39 Å². The molecular formula is C23H20FNO2. The molecular weight excluding hydrogens is 341 g/mol. The van der Waals surface area contributed by atoms with Crippen molar-refractivity contribution in [2.24, 2.45) is 7.05 Å². The van der Waals surface area contributed by atoms with E-state index in [-0.39, 0.29) is 11.6 Å². The monoisotopic (exact) mass is 361 g/mol. The van der Waals surface area contributed by atoms with Gasteiger partial charge in [-0.15, -0.1) is 0 Å². The molecule has 1 heterocycles. The Morgan fingerprint density at radius 2 is 1.52 bits per heavy atom. The first kappa shape index (κ1) is 17.2. The number of aryl methyl sites for hydroxylation is 1. The zero-order valence-corrected chi connectivity index (χ0v) is 15.5. The minimum absolute atomic E-state index is 0.241. The average molecular weight is 361 g/mol. The third-order valence-electron chi connectivity index (χ3n) is 4.91. The van der Waals surface area contributed by atoms with Crippen LogP contribution in [-0.2, 0) is 7.05 Å². The summed E-state index contributed by atoms with van der Waals surface area (Å²) in [7, 11) is 5.15. The molecule has 0 aliphatic rings. The molecule has 4 heteroatoms. The minimum atomic E-state index is -0.372. The van der Waals surface area contributed by atoms with Crippen molar-refractivity contribution in [3.05, 3.63) is 72.5 Å². The second kappa shape index (κ2) is 6.80. The van der Waals surface area contributed by atoms with Gasteiger partial charge in [0.05, 0.1) is 19.9 Å². The number of nitrogens with zero attached hydrogens (tertiary/aromatic N) is 1. The number of ether oxygens (including phenoxy) is 2. The Hall–Kier alpha value is -3.27. The molecule has 0 unspecified atom stereocenters. The van der Waals surface area contributed by atoms with Gasteiger partial charge >= 0.3 is 0 Å². The highest BCUT2D eigenvalue weighted by atomic mass is 19.1. The van der Waals surface area contributed by atoms with E-state index in [1.165, 1.54) is 13.2 Å². The van der Waals surface area contributed by atoms with Crippen molar-refractivity contribution in [2.45, 2.75) is 0 Å². The Morgan fingerprint density at radius 1 is 0.815 bits per heavy atom. The Labute approximate surface area is 157 Å². The molecule has 0 atom stereocenters. The molecule has 27 heavy (non-hydrogen) atoms. The van der Waals surface area contributed by atoms with Gasteiger partial charge in [0, 0.05) is 23.5 Å². The Balaban J connectivity index is 2.02. The molecule has 4 aromatic rings. The lowest BCUT2D eigenvalue weighted by atomic mass is 9.98. The van der Waals surface area contributed by atoms with E-state index in [4.69, 9.17) is 9.47 Å². The summed E-state index contributed by atoms with van der Waals surface area (Å²) in [5.74, 6) is 0.670. The molecule has 0 saturated heterocycles. The predicted octanol–water partition coefficient (Wildman–Crippen LogP) is 5.67. The normalized spacial score (nSPS) is 11.0. The van der Waals surface area contributed by atoms with Crippen LogP contribution in [0.15, 0.2) is 66.7 Å². The highest BCUT2D eigenvalue weighted by Crippen LogP contribution is 2.41. The molecule has 0 aliphatic heterocycles. The van der Waals surface area contributed by atoms with Crippen LogP contribution in [0.2, 0.25) is 0 Å². The molecule has 3 nitrogen and oxygen atoms in total. The summed E-state index contributed by atoms with van der Waals surface area (Å²) in [4.78, 5) is 0. The van der Waals surface area contributed by atoms with Gasteiger partial charge in [0.1, 0.15) is 5.75 Å². The first-order chi connectivity index (χ1) is 13.1. The molecule has 0 bridgehead atoms. The van der Waals surface area contributed by atoms with Gasteiger partial charge in [0.15, 0.2) is 11.6 Å². The predicted molar refractivity (Wildman–Crippen MR) is 107 cm³/mol. The van der Waals surface area contributed by atoms with Crippen molar-refractivity contribution < 1.29 is 13.9 Å². The smallest absolute Gasteiger partial charge is 0.165 e. The first-order valence-corrected chi connectivity index (χ1v) is 8.69. The molecule has 1 aromatic heterocycles. The Morgan fingerprint density at radius 3 is 2.19 bits per heavy atom. The van der Waals surface area contributed by atoms with Gasteiger partial charge < -0.3 is 14.0 Å². The van der Waals surface area contributed by atoms with E-state index in [2.05, 4.69) is 16.7 Å². The van der Waals surface area contributed by atoms with Gasteiger partial charge in [0.2, 0.25) is 0 Å². The van der Waals surface area contributed by atoms with Gasteiger partial charge in [-0.2, -0.15) is 0 Å². The largest absolute Gasteiger partial charge is 0.497 e. The number of methoxy groups -OCH3 is 2. The van der Waals surface area contributed by atoms with Crippen LogP contribution in [0.4, 0.5) is 4.39 Å². The van der Waals surface area contributed by atoms with Gasteiger partial charge in [-0.1, -0.05) is 24.3 Å². The van der Waals surface area contributed by atoms with Crippen molar-refractivity contribution in [1.82, 2.24) is 4.57 Å². The van der Waals surface area contributed by atoms with Gasteiger partial charge in [-0.05, 0) is 53.6 Å². The molecule has 0 spiro atoms. The summed E-state index contributed by atoms with van der Waals surface area (Å²) in [6.45, 7) is 0. The number of aromatic nitrogens is 1. The van der Waals surface area contributed by atoms with Crippen molar-refractivity contribution in [3.63, 3.8) is 0 Å². The number of halogens is 1. The lowest BCUT2D eigenvalue weighted by Crippen LogP contribution is -1.94. The zero-order valence-electron chi connectivity index (χ0n) is 15.5. The van der Waals surface area contributed by atoms with Gasteiger partial charge in [0.25, 0.3) is 0 Å². The Bertz CT molecular complexity index is 1110. The summed E-state index contributed by atoms with van der Waals surface area (Å²) < 4.78 is 26.9. The summed E-state index contributed by atoms with van der Waals surface area (Å²) in [6, 6.07) is 21.2. The van der Waals surface area contributed by atoms with Crippen molar-refractivity contribution in [3.8, 4) is 33.9 Å². The fourth-order valence-corrected chi connectivity index (χ4v) is 3.59. The van der Waals surface area contributed by atoms with Crippen LogP contribution in [-0.4, -0.2) is 18.8 Å². The molecule has 0 radical (unpaired) electrons. The van der Waals surface area contributed by atoms with E-state index in [1.54, 1.807) is 13.2 Å². The van der Waals surface area contributed by atoms with Crippen LogP contribution in [0, 0.1) is 5.82 Å². The van der Waals surface area contributed by atoms with Crippen molar-refractivity contribution in [2.75, 3.05) is 14.2 Å². The van der Waals surface area contributed by atoms with Crippen LogP contribution in [0.1, 0.15) is 0 Å². The fourth-order valence-electron chi connectivity index (χ4n) is 3.59. The highest BCUT2D eigenvalue weighted by Gasteiger charge is 2.19. The van der Waals surface area contributed by atoms with E-state index in [1.807, 2.05) is 49.5 Å². The van der Waals surface area contributed by atoms with E-state index >= 15 is 0 Å². The quantitative estimate of drug-likeness (QED) is 0.468. The molecule has 4 rings (SSSR count). The molecule has 136 valence electrons.